The molecule has 0 aliphatic rings. The van der Waals surface area contributed by atoms with E-state index in [9.17, 15) is 8.42 Å². The molecule has 8 heteroatoms. The van der Waals surface area contributed by atoms with Crippen molar-refractivity contribution in [2.45, 2.75) is 11.4 Å². The van der Waals surface area contributed by atoms with E-state index in [1.165, 1.54) is 26.4 Å². The predicted octanol–water partition coefficient (Wildman–Crippen LogP) is 1.83. The second-order valence-corrected chi connectivity index (χ2v) is 6.81. The summed E-state index contributed by atoms with van der Waals surface area (Å²) >= 11 is 0. The van der Waals surface area contributed by atoms with Crippen molar-refractivity contribution >= 4 is 15.5 Å². The van der Waals surface area contributed by atoms with E-state index in [-0.39, 0.29) is 11.4 Å². The minimum Gasteiger partial charge on any atom is -0.493 e. The number of fused-ring (bicyclic) bond motifs is 1. The molecule has 24 heavy (non-hydrogen) atoms. The third-order valence-electron chi connectivity index (χ3n) is 3.53. The molecule has 0 atom stereocenters. The first-order valence-electron chi connectivity index (χ1n) is 7.18. The smallest absolute Gasteiger partial charge is 0.241 e. The standard InChI is InChI=1S/C16H17N3O4S/c1-22-15-7-6-14(10-16(15)23-2)24(20,21)17-11-12-9-13-5-3-4-8-19(13)18-12/h3-10,17H,11H2,1-2H3. The van der Waals surface area contributed by atoms with Crippen molar-refractivity contribution in [2.75, 3.05) is 14.2 Å². The Balaban J connectivity index is 1.80. The van der Waals surface area contributed by atoms with Gasteiger partial charge in [-0.3, -0.25) is 0 Å². The number of hydrogen-bond donors (Lipinski definition) is 1. The molecule has 0 spiro atoms. The van der Waals surface area contributed by atoms with Crippen molar-refractivity contribution in [3.8, 4) is 11.5 Å². The maximum absolute atomic E-state index is 12.4. The van der Waals surface area contributed by atoms with E-state index in [0.717, 1.165) is 5.52 Å². The van der Waals surface area contributed by atoms with Crippen LogP contribution < -0.4 is 14.2 Å². The van der Waals surface area contributed by atoms with Crippen LogP contribution in [0.3, 0.4) is 0 Å². The lowest BCUT2D eigenvalue weighted by Gasteiger charge is -2.10. The Hall–Kier alpha value is -2.58. The monoisotopic (exact) mass is 347 g/mol. The molecule has 0 fully saturated rings. The van der Waals surface area contributed by atoms with E-state index in [1.807, 2.05) is 30.5 Å². The first-order valence-corrected chi connectivity index (χ1v) is 8.67. The Morgan fingerprint density at radius 3 is 2.58 bits per heavy atom. The quantitative estimate of drug-likeness (QED) is 0.736. The topological polar surface area (TPSA) is 81.9 Å². The predicted molar refractivity (Wildman–Crippen MR) is 88.8 cm³/mol. The van der Waals surface area contributed by atoms with E-state index >= 15 is 0 Å². The van der Waals surface area contributed by atoms with E-state index in [2.05, 4.69) is 9.82 Å². The first kappa shape index (κ1) is 16.3. The molecule has 2 heterocycles. The maximum atomic E-state index is 12.4. The number of benzene rings is 1. The van der Waals surface area contributed by atoms with Gasteiger partial charge in [0.05, 0.1) is 36.9 Å². The Morgan fingerprint density at radius 1 is 1.08 bits per heavy atom. The molecule has 126 valence electrons. The SMILES string of the molecule is COc1ccc(S(=O)(=O)NCc2cc3ccccn3n2)cc1OC. The number of pyridine rings is 1. The lowest BCUT2D eigenvalue weighted by Crippen LogP contribution is -2.23. The molecule has 3 aromatic rings. The number of aromatic nitrogens is 2. The first-order chi connectivity index (χ1) is 11.5. The molecule has 2 aromatic heterocycles. The third-order valence-corrected chi connectivity index (χ3v) is 4.93. The van der Waals surface area contributed by atoms with Gasteiger partial charge in [0.2, 0.25) is 10.0 Å². The van der Waals surface area contributed by atoms with E-state index in [1.54, 1.807) is 10.6 Å². The fourth-order valence-corrected chi connectivity index (χ4v) is 3.33. The van der Waals surface area contributed by atoms with Crippen LogP contribution >= 0.6 is 0 Å². The highest BCUT2D eigenvalue weighted by Crippen LogP contribution is 2.29. The fourth-order valence-electron chi connectivity index (χ4n) is 2.31. The van der Waals surface area contributed by atoms with Crippen LogP contribution in [0.1, 0.15) is 5.69 Å². The highest BCUT2D eigenvalue weighted by Gasteiger charge is 2.17. The van der Waals surface area contributed by atoms with Gasteiger partial charge in [0.15, 0.2) is 11.5 Å². The van der Waals surface area contributed by atoms with Gasteiger partial charge in [0.25, 0.3) is 0 Å². The largest absolute Gasteiger partial charge is 0.493 e. The van der Waals surface area contributed by atoms with Gasteiger partial charge in [0, 0.05) is 12.3 Å². The van der Waals surface area contributed by atoms with Gasteiger partial charge in [-0.25, -0.2) is 17.7 Å². The van der Waals surface area contributed by atoms with Gasteiger partial charge < -0.3 is 9.47 Å². The molecule has 0 amide bonds. The number of sulfonamides is 1. The zero-order chi connectivity index (χ0) is 17.2. The van der Waals surface area contributed by atoms with Gasteiger partial charge in [-0.05, 0) is 30.3 Å². The third kappa shape index (κ3) is 3.19. The summed E-state index contributed by atoms with van der Waals surface area (Å²) in [5.41, 5.74) is 1.53. The minimum atomic E-state index is -3.69. The second-order valence-electron chi connectivity index (χ2n) is 5.05. The summed E-state index contributed by atoms with van der Waals surface area (Å²) in [7, 11) is -0.738. The summed E-state index contributed by atoms with van der Waals surface area (Å²) in [6.07, 6.45) is 1.81. The van der Waals surface area contributed by atoms with Crippen LogP contribution in [0, 0.1) is 0 Å². The van der Waals surface area contributed by atoms with Crippen molar-refractivity contribution in [2.24, 2.45) is 0 Å². The summed E-state index contributed by atoms with van der Waals surface area (Å²) in [4.78, 5) is 0.101. The van der Waals surface area contributed by atoms with Gasteiger partial charge in [-0.15, -0.1) is 0 Å². The number of ether oxygens (including phenoxy) is 2. The zero-order valence-electron chi connectivity index (χ0n) is 13.3. The molecule has 0 radical (unpaired) electrons. The molecule has 3 rings (SSSR count). The van der Waals surface area contributed by atoms with Gasteiger partial charge >= 0.3 is 0 Å². The van der Waals surface area contributed by atoms with Crippen LogP contribution in [-0.4, -0.2) is 32.3 Å². The maximum Gasteiger partial charge on any atom is 0.241 e. The molecule has 0 bridgehead atoms. The molecule has 0 saturated carbocycles. The van der Waals surface area contributed by atoms with Crippen molar-refractivity contribution < 1.29 is 17.9 Å². The molecule has 1 aromatic carbocycles. The van der Waals surface area contributed by atoms with Crippen LogP contribution in [-0.2, 0) is 16.6 Å². The lowest BCUT2D eigenvalue weighted by atomic mass is 10.3. The second kappa shape index (κ2) is 6.50. The number of hydrogen-bond acceptors (Lipinski definition) is 5. The lowest BCUT2D eigenvalue weighted by molar-refractivity contribution is 0.354. The molecular weight excluding hydrogens is 330 g/mol. The van der Waals surface area contributed by atoms with Crippen LogP contribution in [0.15, 0.2) is 53.6 Å². The van der Waals surface area contributed by atoms with Crippen LogP contribution in [0.5, 0.6) is 11.5 Å². The summed E-state index contributed by atoms with van der Waals surface area (Å²) < 4.78 is 39.4. The van der Waals surface area contributed by atoms with Crippen LogP contribution in [0.4, 0.5) is 0 Å². The van der Waals surface area contributed by atoms with E-state index < -0.39 is 10.0 Å². The number of rotatable bonds is 6. The zero-order valence-corrected chi connectivity index (χ0v) is 14.1. The Bertz CT molecular complexity index is 933. The summed E-state index contributed by atoms with van der Waals surface area (Å²) in [6.45, 7) is 0.0956. The number of nitrogens with zero attached hydrogens (tertiary/aromatic N) is 2. The Morgan fingerprint density at radius 2 is 1.88 bits per heavy atom. The summed E-state index contributed by atoms with van der Waals surface area (Å²) in [5.74, 6) is 0.824. The van der Waals surface area contributed by atoms with Crippen molar-refractivity contribution in [3.05, 3.63) is 54.4 Å². The summed E-state index contributed by atoms with van der Waals surface area (Å²) in [6, 6.07) is 11.9. The van der Waals surface area contributed by atoms with E-state index in [0.29, 0.717) is 17.2 Å². The minimum absolute atomic E-state index is 0.0956. The molecule has 0 aliphatic heterocycles. The van der Waals surface area contributed by atoms with Crippen LogP contribution in [0.2, 0.25) is 0 Å². The molecule has 0 unspecified atom stereocenters. The van der Waals surface area contributed by atoms with Gasteiger partial charge in [0.1, 0.15) is 0 Å². The van der Waals surface area contributed by atoms with Gasteiger partial charge in [-0.2, -0.15) is 5.10 Å². The number of methoxy groups -OCH3 is 2. The highest BCUT2D eigenvalue weighted by atomic mass is 32.2. The van der Waals surface area contributed by atoms with Crippen molar-refractivity contribution in [1.29, 1.82) is 0 Å². The molecule has 0 saturated heterocycles. The van der Waals surface area contributed by atoms with E-state index in [4.69, 9.17) is 9.47 Å². The van der Waals surface area contributed by atoms with Crippen molar-refractivity contribution in [3.63, 3.8) is 0 Å². The van der Waals surface area contributed by atoms with Crippen molar-refractivity contribution in [1.82, 2.24) is 14.3 Å². The average molecular weight is 347 g/mol. The average Bonchev–Trinajstić information content (AvgIpc) is 3.02. The Labute approximate surface area is 139 Å². The summed E-state index contributed by atoms with van der Waals surface area (Å²) in [5, 5.41) is 4.32. The molecule has 7 nitrogen and oxygen atoms in total. The highest BCUT2D eigenvalue weighted by molar-refractivity contribution is 7.89. The molecule has 1 N–H and O–H groups in total. The molecular formula is C16H17N3O4S. The van der Waals surface area contributed by atoms with Crippen LogP contribution in [0.25, 0.3) is 5.52 Å². The van der Waals surface area contributed by atoms with Gasteiger partial charge in [-0.1, -0.05) is 6.07 Å². The molecule has 0 aliphatic carbocycles. The normalized spacial score (nSPS) is 11.6. The Kier molecular flexibility index (Phi) is 4.41. The fraction of sp³-hybridized carbons (Fsp3) is 0.188. The number of nitrogens with one attached hydrogen (secondary N) is 1.